The molecule has 0 bridgehead atoms. The summed E-state index contributed by atoms with van der Waals surface area (Å²) in [5.41, 5.74) is 1.09. The number of fused-ring (bicyclic) bond motifs is 6. The first-order valence-electron chi connectivity index (χ1n) is 11.3. The smallest absolute Gasteiger partial charge is 0.306 e. The van der Waals surface area contributed by atoms with Crippen molar-refractivity contribution in [2.75, 3.05) is 0 Å². The first kappa shape index (κ1) is 19.8. The minimum Gasteiger partial charge on any atom is -0.458 e. The standard InChI is InChI=1S/C24H32O4S/c1-14(25)29-19-13-15-12-16(26)4-8-22(15,2)17-5-9-23(3)18(21(17)19)6-10-24(23)11-7-20(27)28-24/h12,17-19,21H,4-11,13H2,1-3H3/t17-,18-,19+,21+,22+,23+,24-/m0/s1. The van der Waals surface area contributed by atoms with Gasteiger partial charge >= 0.3 is 5.97 Å². The van der Waals surface area contributed by atoms with Gasteiger partial charge in [0.05, 0.1) is 0 Å². The lowest BCUT2D eigenvalue weighted by atomic mass is 9.46. The van der Waals surface area contributed by atoms with Crippen LogP contribution in [0.2, 0.25) is 0 Å². The second-order valence-corrected chi connectivity index (χ2v) is 12.1. The van der Waals surface area contributed by atoms with Gasteiger partial charge in [0.1, 0.15) is 5.60 Å². The van der Waals surface area contributed by atoms with Gasteiger partial charge in [-0.3, -0.25) is 14.4 Å². The van der Waals surface area contributed by atoms with E-state index in [9.17, 15) is 14.4 Å². The highest BCUT2D eigenvalue weighted by Crippen LogP contribution is 2.70. The molecule has 29 heavy (non-hydrogen) atoms. The maximum absolute atomic E-state index is 12.2. The van der Waals surface area contributed by atoms with Crippen molar-refractivity contribution in [3.63, 3.8) is 0 Å². The van der Waals surface area contributed by atoms with Crippen LogP contribution in [0, 0.1) is 28.6 Å². The topological polar surface area (TPSA) is 60.4 Å². The fourth-order valence-electron chi connectivity index (χ4n) is 8.13. The van der Waals surface area contributed by atoms with E-state index in [4.69, 9.17) is 4.74 Å². The maximum atomic E-state index is 12.2. The molecule has 3 saturated carbocycles. The molecule has 1 saturated heterocycles. The molecular formula is C24H32O4S. The second kappa shape index (κ2) is 6.45. The van der Waals surface area contributed by atoms with E-state index in [1.807, 2.05) is 6.08 Å². The van der Waals surface area contributed by atoms with E-state index in [0.717, 1.165) is 44.9 Å². The van der Waals surface area contributed by atoms with Crippen LogP contribution in [0.5, 0.6) is 0 Å². The largest absolute Gasteiger partial charge is 0.458 e. The summed E-state index contributed by atoms with van der Waals surface area (Å²) in [5.74, 6) is 1.67. The summed E-state index contributed by atoms with van der Waals surface area (Å²) in [7, 11) is 0. The SMILES string of the molecule is CC(=O)S[C@@H]1CC2=CC(=O)CC[C@@]2(C)[C@H]2CC[C@]3(C)[C@@H](CC[C@]34CCC(=O)O4)[C@H]12. The van der Waals surface area contributed by atoms with Crippen molar-refractivity contribution in [3.8, 4) is 0 Å². The summed E-state index contributed by atoms with van der Waals surface area (Å²) in [6, 6.07) is 0. The molecule has 0 aromatic heterocycles. The minimum atomic E-state index is -0.287. The zero-order valence-corrected chi connectivity index (χ0v) is 18.6. The van der Waals surface area contributed by atoms with Gasteiger partial charge in [0, 0.05) is 30.4 Å². The number of hydrogen-bond donors (Lipinski definition) is 0. The normalized spacial score (nSPS) is 48.6. The summed E-state index contributed by atoms with van der Waals surface area (Å²) in [6.45, 7) is 6.42. The number of esters is 1. The van der Waals surface area contributed by atoms with E-state index in [0.29, 0.717) is 30.6 Å². The molecule has 5 aliphatic rings. The Labute approximate surface area is 177 Å². The Kier molecular flexibility index (Phi) is 4.41. The van der Waals surface area contributed by atoms with Gasteiger partial charge in [0.15, 0.2) is 10.9 Å². The van der Waals surface area contributed by atoms with E-state index >= 15 is 0 Å². The average Bonchev–Trinajstić information content (AvgIpc) is 3.17. The molecule has 0 radical (unpaired) electrons. The Morgan fingerprint density at radius 1 is 1.07 bits per heavy atom. The summed E-state index contributed by atoms with van der Waals surface area (Å²) in [5, 5.41) is 0.409. The Morgan fingerprint density at radius 3 is 2.52 bits per heavy atom. The van der Waals surface area contributed by atoms with Crippen LogP contribution in [0.4, 0.5) is 0 Å². The van der Waals surface area contributed by atoms with Crippen LogP contribution in [0.15, 0.2) is 11.6 Å². The summed E-state index contributed by atoms with van der Waals surface area (Å²) >= 11 is 1.50. The molecule has 4 aliphatic carbocycles. The third-order valence-electron chi connectivity index (χ3n) is 9.61. The minimum absolute atomic E-state index is 0.0119. The predicted molar refractivity (Wildman–Crippen MR) is 112 cm³/mol. The third-order valence-corrected chi connectivity index (χ3v) is 10.7. The molecule has 158 valence electrons. The number of carbonyl (C=O) groups excluding carboxylic acids is 3. The highest BCUT2D eigenvalue weighted by Gasteiger charge is 2.68. The summed E-state index contributed by atoms with van der Waals surface area (Å²) in [4.78, 5) is 36.4. The van der Waals surface area contributed by atoms with Crippen molar-refractivity contribution in [3.05, 3.63) is 11.6 Å². The van der Waals surface area contributed by atoms with E-state index in [-0.39, 0.29) is 38.5 Å². The molecule has 1 heterocycles. The number of ether oxygens (including phenoxy) is 1. The molecule has 1 aliphatic heterocycles. The third kappa shape index (κ3) is 2.68. The Bertz CT molecular complexity index is 818. The van der Waals surface area contributed by atoms with Gasteiger partial charge in [-0.1, -0.05) is 31.2 Å². The molecule has 0 N–H and O–H groups in total. The highest BCUT2D eigenvalue weighted by atomic mass is 32.2. The zero-order valence-electron chi connectivity index (χ0n) is 17.8. The quantitative estimate of drug-likeness (QED) is 0.572. The average molecular weight is 417 g/mol. The molecule has 7 atom stereocenters. The van der Waals surface area contributed by atoms with Crippen molar-refractivity contribution >= 4 is 28.6 Å². The number of carbonyl (C=O) groups is 3. The monoisotopic (exact) mass is 416 g/mol. The molecule has 4 fully saturated rings. The number of thioether (sulfide) groups is 1. The van der Waals surface area contributed by atoms with Crippen LogP contribution in [-0.2, 0) is 19.1 Å². The molecule has 0 aromatic rings. The maximum Gasteiger partial charge on any atom is 0.306 e. The first-order chi connectivity index (χ1) is 13.7. The summed E-state index contributed by atoms with van der Waals surface area (Å²) < 4.78 is 6.06. The first-order valence-corrected chi connectivity index (χ1v) is 12.2. The van der Waals surface area contributed by atoms with Crippen molar-refractivity contribution < 1.29 is 19.1 Å². The van der Waals surface area contributed by atoms with E-state index in [1.54, 1.807) is 6.92 Å². The van der Waals surface area contributed by atoms with Crippen molar-refractivity contribution in [1.29, 1.82) is 0 Å². The van der Waals surface area contributed by atoms with Crippen LogP contribution in [0.25, 0.3) is 0 Å². The Hall–Kier alpha value is -1.10. The van der Waals surface area contributed by atoms with Gasteiger partial charge in [-0.2, -0.15) is 0 Å². The molecule has 5 heteroatoms. The molecule has 0 amide bonds. The van der Waals surface area contributed by atoms with Crippen LogP contribution >= 0.6 is 11.8 Å². The van der Waals surface area contributed by atoms with E-state index in [2.05, 4.69) is 13.8 Å². The lowest BCUT2D eigenvalue weighted by Gasteiger charge is -2.61. The van der Waals surface area contributed by atoms with Crippen molar-refractivity contribution in [1.82, 2.24) is 0 Å². The van der Waals surface area contributed by atoms with Gasteiger partial charge in [0.25, 0.3) is 0 Å². The predicted octanol–water partition coefficient (Wildman–Crippen LogP) is 4.85. The molecule has 0 unspecified atom stereocenters. The lowest BCUT2D eigenvalue weighted by Crippen LogP contribution is -2.57. The molecule has 0 aromatic carbocycles. The van der Waals surface area contributed by atoms with Gasteiger partial charge in [-0.15, -0.1) is 0 Å². The lowest BCUT2D eigenvalue weighted by molar-refractivity contribution is -0.167. The van der Waals surface area contributed by atoms with Crippen molar-refractivity contribution in [2.45, 2.75) is 89.4 Å². The molecule has 5 rings (SSSR count). The van der Waals surface area contributed by atoms with Crippen LogP contribution < -0.4 is 0 Å². The molecular weight excluding hydrogens is 384 g/mol. The van der Waals surface area contributed by atoms with Crippen LogP contribution in [0.1, 0.15) is 78.6 Å². The zero-order chi connectivity index (χ0) is 20.6. The fourth-order valence-corrected chi connectivity index (χ4v) is 9.36. The Morgan fingerprint density at radius 2 is 1.83 bits per heavy atom. The van der Waals surface area contributed by atoms with E-state index < -0.39 is 0 Å². The van der Waals surface area contributed by atoms with Crippen LogP contribution in [-0.4, -0.2) is 27.7 Å². The van der Waals surface area contributed by atoms with Crippen molar-refractivity contribution in [2.24, 2.45) is 28.6 Å². The van der Waals surface area contributed by atoms with Crippen LogP contribution in [0.3, 0.4) is 0 Å². The number of ketones is 1. The Balaban J connectivity index is 1.56. The number of rotatable bonds is 1. The highest BCUT2D eigenvalue weighted by molar-refractivity contribution is 8.14. The van der Waals surface area contributed by atoms with Gasteiger partial charge < -0.3 is 4.74 Å². The van der Waals surface area contributed by atoms with E-state index in [1.165, 1.54) is 17.3 Å². The molecule has 1 spiro atoms. The molecule has 4 nitrogen and oxygen atoms in total. The van der Waals surface area contributed by atoms with Gasteiger partial charge in [-0.05, 0) is 74.2 Å². The number of allylic oxidation sites excluding steroid dienone is 1. The van der Waals surface area contributed by atoms with Gasteiger partial charge in [0.2, 0.25) is 0 Å². The fraction of sp³-hybridized carbons (Fsp3) is 0.792. The number of hydrogen-bond acceptors (Lipinski definition) is 5. The summed E-state index contributed by atoms with van der Waals surface area (Å²) in [6.07, 6.45) is 10.0. The second-order valence-electron chi connectivity index (χ2n) is 10.7. The van der Waals surface area contributed by atoms with Gasteiger partial charge in [-0.25, -0.2) is 0 Å².